The van der Waals surface area contributed by atoms with Gasteiger partial charge in [-0.05, 0) is 36.4 Å². The van der Waals surface area contributed by atoms with Gasteiger partial charge in [0.05, 0.1) is 11.1 Å². The van der Waals surface area contributed by atoms with Crippen molar-refractivity contribution in [2.75, 3.05) is 17.2 Å². The van der Waals surface area contributed by atoms with Gasteiger partial charge in [0, 0.05) is 23.7 Å². The maximum atomic E-state index is 12.4. The quantitative estimate of drug-likeness (QED) is 0.506. The second-order valence-electron chi connectivity index (χ2n) is 5.89. The molecule has 2 aromatic carbocycles. The van der Waals surface area contributed by atoms with Gasteiger partial charge in [0.25, 0.3) is 5.91 Å². The Kier molecular flexibility index (Phi) is 5.86. The maximum absolute atomic E-state index is 12.4. The number of amides is 2. The Morgan fingerprint density at radius 2 is 1.64 bits per heavy atom. The van der Waals surface area contributed by atoms with Crippen molar-refractivity contribution in [3.05, 3.63) is 65.3 Å². The number of halogens is 1. The van der Waals surface area contributed by atoms with Crippen LogP contribution in [-0.4, -0.2) is 29.4 Å². The highest BCUT2D eigenvalue weighted by Crippen LogP contribution is 2.21. The fourth-order valence-corrected chi connectivity index (χ4v) is 2.76. The number of nitrogens with one attached hydrogen (secondary N) is 2. The van der Waals surface area contributed by atoms with Crippen LogP contribution in [0, 0.1) is 0 Å². The molecule has 0 saturated carbocycles. The number of aromatic nitrogens is 1. The van der Waals surface area contributed by atoms with Gasteiger partial charge in [-0.25, -0.2) is 9.78 Å². The number of anilines is 2. The molecule has 0 aliphatic carbocycles. The van der Waals surface area contributed by atoms with Crippen LogP contribution in [0.1, 0.15) is 17.3 Å². The molecule has 0 atom stereocenters. The summed E-state index contributed by atoms with van der Waals surface area (Å²) in [7, 11) is 0. The summed E-state index contributed by atoms with van der Waals surface area (Å²) < 4.78 is 5.11. The molecule has 0 aliphatic rings. The minimum Gasteiger partial charge on any atom is -0.452 e. The number of hydrogen-bond acceptors (Lipinski definition) is 5. The highest BCUT2D eigenvalue weighted by Gasteiger charge is 2.15. The maximum Gasteiger partial charge on any atom is 0.339 e. The Hall–Kier alpha value is -3.45. The SMILES string of the molecule is CC(=O)Nc1ccc(NC(=O)COC(=O)c2cc(Cl)nc3ccccc23)cc1. The molecule has 2 amide bonds. The standard InChI is InChI=1S/C20H16ClN3O4/c1-12(25)22-13-6-8-14(9-7-13)23-19(26)11-28-20(27)16-10-18(21)24-17-5-3-2-4-15(16)17/h2-10H,11H2,1H3,(H,22,25)(H,23,26). The molecule has 0 aliphatic heterocycles. The summed E-state index contributed by atoms with van der Waals surface area (Å²) in [6.07, 6.45) is 0. The van der Waals surface area contributed by atoms with E-state index in [-0.39, 0.29) is 16.6 Å². The van der Waals surface area contributed by atoms with Crippen molar-refractivity contribution in [2.45, 2.75) is 6.92 Å². The smallest absolute Gasteiger partial charge is 0.339 e. The molecule has 0 bridgehead atoms. The van der Waals surface area contributed by atoms with Crippen LogP contribution in [0.25, 0.3) is 10.9 Å². The van der Waals surface area contributed by atoms with Crippen LogP contribution in [0.15, 0.2) is 54.6 Å². The van der Waals surface area contributed by atoms with Crippen LogP contribution in [0.2, 0.25) is 5.15 Å². The Labute approximate surface area is 165 Å². The molecule has 142 valence electrons. The largest absolute Gasteiger partial charge is 0.452 e. The van der Waals surface area contributed by atoms with E-state index in [1.165, 1.54) is 13.0 Å². The zero-order valence-electron chi connectivity index (χ0n) is 14.9. The fraction of sp³-hybridized carbons (Fsp3) is 0.100. The Bertz CT molecular complexity index is 1050. The molecule has 0 unspecified atom stereocenters. The number of nitrogens with zero attached hydrogens (tertiary/aromatic N) is 1. The average molecular weight is 398 g/mol. The fourth-order valence-electron chi connectivity index (χ4n) is 2.56. The van der Waals surface area contributed by atoms with E-state index in [9.17, 15) is 14.4 Å². The molecule has 0 spiro atoms. The van der Waals surface area contributed by atoms with Crippen molar-refractivity contribution in [2.24, 2.45) is 0 Å². The molecule has 3 aromatic rings. The lowest BCUT2D eigenvalue weighted by atomic mass is 10.1. The molecule has 2 N–H and O–H groups in total. The summed E-state index contributed by atoms with van der Waals surface area (Å²) in [5, 5.41) is 5.99. The number of para-hydroxylation sites is 1. The van der Waals surface area contributed by atoms with Crippen molar-refractivity contribution in [1.82, 2.24) is 4.98 Å². The third kappa shape index (κ3) is 4.83. The molecule has 0 fully saturated rings. The van der Waals surface area contributed by atoms with Crippen LogP contribution in [0.5, 0.6) is 0 Å². The first-order chi connectivity index (χ1) is 13.4. The second kappa shape index (κ2) is 8.49. The summed E-state index contributed by atoms with van der Waals surface area (Å²) in [6, 6.07) is 15.0. The van der Waals surface area contributed by atoms with E-state index < -0.39 is 18.5 Å². The first-order valence-electron chi connectivity index (χ1n) is 8.32. The van der Waals surface area contributed by atoms with Crippen molar-refractivity contribution < 1.29 is 19.1 Å². The van der Waals surface area contributed by atoms with Crippen molar-refractivity contribution in [1.29, 1.82) is 0 Å². The molecule has 8 heteroatoms. The van der Waals surface area contributed by atoms with Crippen LogP contribution >= 0.6 is 11.6 Å². The van der Waals surface area contributed by atoms with Gasteiger partial charge in [0.15, 0.2) is 6.61 Å². The monoisotopic (exact) mass is 397 g/mol. The van der Waals surface area contributed by atoms with Crippen LogP contribution in [-0.2, 0) is 14.3 Å². The summed E-state index contributed by atoms with van der Waals surface area (Å²) in [6.45, 7) is 0.948. The zero-order valence-corrected chi connectivity index (χ0v) is 15.6. The lowest BCUT2D eigenvalue weighted by Crippen LogP contribution is -2.21. The van der Waals surface area contributed by atoms with Gasteiger partial charge >= 0.3 is 5.97 Å². The first kappa shape index (κ1) is 19.3. The third-order valence-electron chi connectivity index (χ3n) is 3.73. The average Bonchev–Trinajstić information content (AvgIpc) is 2.66. The Morgan fingerprint density at radius 1 is 1.00 bits per heavy atom. The molecular weight excluding hydrogens is 382 g/mol. The van der Waals surface area contributed by atoms with E-state index >= 15 is 0 Å². The van der Waals surface area contributed by atoms with E-state index in [1.54, 1.807) is 48.5 Å². The van der Waals surface area contributed by atoms with Crippen molar-refractivity contribution >= 4 is 51.7 Å². The van der Waals surface area contributed by atoms with E-state index in [1.807, 2.05) is 0 Å². The van der Waals surface area contributed by atoms with Crippen LogP contribution in [0.4, 0.5) is 11.4 Å². The number of fused-ring (bicyclic) bond motifs is 1. The number of esters is 1. The van der Waals surface area contributed by atoms with E-state index in [0.29, 0.717) is 22.3 Å². The van der Waals surface area contributed by atoms with E-state index in [0.717, 1.165) is 0 Å². The van der Waals surface area contributed by atoms with Crippen molar-refractivity contribution in [3.8, 4) is 0 Å². The van der Waals surface area contributed by atoms with Crippen LogP contribution < -0.4 is 10.6 Å². The van der Waals surface area contributed by atoms with E-state index in [4.69, 9.17) is 16.3 Å². The molecule has 0 radical (unpaired) electrons. The first-order valence-corrected chi connectivity index (χ1v) is 8.70. The van der Waals surface area contributed by atoms with Gasteiger partial charge in [-0.15, -0.1) is 0 Å². The molecule has 0 saturated heterocycles. The van der Waals surface area contributed by atoms with Gasteiger partial charge in [-0.2, -0.15) is 0 Å². The Morgan fingerprint density at radius 3 is 2.32 bits per heavy atom. The normalized spacial score (nSPS) is 10.4. The van der Waals surface area contributed by atoms with Crippen LogP contribution in [0.3, 0.4) is 0 Å². The number of pyridine rings is 1. The third-order valence-corrected chi connectivity index (χ3v) is 3.92. The van der Waals surface area contributed by atoms with Gasteiger partial charge in [0.2, 0.25) is 5.91 Å². The minimum atomic E-state index is -0.670. The van der Waals surface area contributed by atoms with E-state index in [2.05, 4.69) is 15.6 Å². The molecule has 1 heterocycles. The lowest BCUT2D eigenvalue weighted by Gasteiger charge is -2.09. The van der Waals surface area contributed by atoms with Crippen molar-refractivity contribution in [3.63, 3.8) is 0 Å². The molecule has 3 rings (SSSR count). The predicted octanol–water partition coefficient (Wildman–Crippen LogP) is 3.64. The number of carbonyl (C=O) groups excluding carboxylic acids is 3. The molecule has 1 aromatic heterocycles. The summed E-state index contributed by atoms with van der Waals surface area (Å²) in [4.78, 5) is 39.6. The second-order valence-corrected chi connectivity index (χ2v) is 6.28. The zero-order chi connectivity index (χ0) is 20.1. The summed E-state index contributed by atoms with van der Waals surface area (Å²) in [5.41, 5.74) is 1.92. The van der Waals surface area contributed by atoms with Gasteiger partial charge in [-0.3, -0.25) is 9.59 Å². The highest BCUT2D eigenvalue weighted by molar-refractivity contribution is 6.30. The lowest BCUT2D eigenvalue weighted by molar-refractivity contribution is -0.119. The van der Waals surface area contributed by atoms with Gasteiger partial charge in [0.1, 0.15) is 5.15 Å². The minimum absolute atomic E-state index is 0.161. The van der Waals surface area contributed by atoms with Gasteiger partial charge in [-0.1, -0.05) is 29.8 Å². The molecule has 7 nitrogen and oxygen atoms in total. The predicted molar refractivity (Wildman–Crippen MR) is 106 cm³/mol. The number of rotatable bonds is 5. The topological polar surface area (TPSA) is 97.4 Å². The number of ether oxygens (including phenoxy) is 1. The van der Waals surface area contributed by atoms with Gasteiger partial charge < -0.3 is 15.4 Å². The molecular formula is C20H16ClN3O4. The Balaban J connectivity index is 1.62. The number of hydrogen-bond donors (Lipinski definition) is 2. The number of carbonyl (C=O) groups is 3. The summed E-state index contributed by atoms with van der Waals surface area (Å²) >= 11 is 5.96. The molecule has 28 heavy (non-hydrogen) atoms. The summed E-state index contributed by atoms with van der Waals surface area (Å²) in [5.74, 6) is -1.35. The highest BCUT2D eigenvalue weighted by atomic mass is 35.5. The number of benzene rings is 2.